The number of hydrogen-bond donors (Lipinski definition) is 2. The molecule has 2 saturated heterocycles. The molecule has 2 heterocycles. The highest BCUT2D eigenvalue weighted by atomic mass is 32.2. The lowest BCUT2D eigenvalue weighted by Crippen LogP contribution is -2.32. The molecule has 2 N–H and O–H groups in total. The average molecular weight is 358 g/mol. The molecule has 2 aliphatic rings. The first-order valence-electron chi connectivity index (χ1n) is 9.04. The third-order valence-electron chi connectivity index (χ3n) is 5.06. The molecule has 1 amide bonds. The van der Waals surface area contributed by atoms with E-state index in [9.17, 15) is 4.79 Å². The summed E-state index contributed by atoms with van der Waals surface area (Å²) < 4.78 is 11.9. The predicted molar refractivity (Wildman–Crippen MR) is 96.2 cm³/mol. The number of hydrogen-bond acceptors (Lipinski definition) is 5. The van der Waals surface area contributed by atoms with Crippen LogP contribution in [-0.2, 0) is 14.3 Å². The number of rotatable bonds is 11. The van der Waals surface area contributed by atoms with Gasteiger partial charge in [-0.25, -0.2) is 5.48 Å². The molecule has 138 valence electrons. The van der Waals surface area contributed by atoms with Crippen LogP contribution in [-0.4, -0.2) is 47.5 Å². The Morgan fingerprint density at radius 1 is 1.42 bits per heavy atom. The summed E-state index contributed by atoms with van der Waals surface area (Å²) in [6.45, 7) is 5.71. The molecular weight excluding hydrogens is 326 g/mol. The van der Waals surface area contributed by atoms with Crippen molar-refractivity contribution in [2.24, 2.45) is 11.8 Å². The van der Waals surface area contributed by atoms with E-state index in [1.54, 1.807) is 5.48 Å². The molecule has 5 atom stereocenters. The topological polar surface area (TPSA) is 67.8 Å². The summed E-state index contributed by atoms with van der Waals surface area (Å²) in [5, 5.41) is 9.02. The lowest BCUT2D eigenvalue weighted by molar-refractivity contribution is -0.129. The molecular formula is C18H31NO4S. The van der Waals surface area contributed by atoms with Gasteiger partial charge in [0, 0.05) is 23.5 Å². The number of ether oxygens (including phenoxy) is 2. The molecule has 0 aromatic carbocycles. The highest BCUT2D eigenvalue weighted by Gasteiger charge is 2.48. The predicted octanol–water partition coefficient (Wildman–Crippen LogP) is 3.17. The number of nitrogens with one attached hydrogen (secondary N) is 1. The van der Waals surface area contributed by atoms with Crippen LogP contribution in [0.3, 0.4) is 0 Å². The number of carbonyl (C=O) groups is 1. The van der Waals surface area contributed by atoms with Crippen LogP contribution < -0.4 is 5.48 Å². The minimum absolute atomic E-state index is 0.299. The van der Waals surface area contributed by atoms with Crippen LogP contribution in [0.1, 0.15) is 46.0 Å². The van der Waals surface area contributed by atoms with Crippen molar-refractivity contribution in [3.63, 3.8) is 0 Å². The van der Waals surface area contributed by atoms with Crippen molar-refractivity contribution >= 4 is 17.7 Å². The van der Waals surface area contributed by atoms with Gasteiger partial charge in [0.05, 0.1) is 25.4 Å². The zero-order valence-electron chi connectivity index (χ0n) is 14.8. The lowest BCUT2D eigenvalue weighted by Gasteiger charge is -2.28. The molecule has 6 heteroatoms. The second kappa shape index (κ2) is 10.4. The fourth-order valence-corrected chi connectivity index (χ4v) is 5.01. The first-order valence-corrected chi connectivity index (χ1v) is 10.1. The standard InChI is InChI=1S/C18H31NO4S/c1-3-4-10-22-11-14-15(17-9-8-16(14)23-17)12-24-13(2)6-5-7-18(20)19-21/h3-4,13-17,21H,5-12H2,1-2H3,(H,19,20). The summed E-state index contributed by atoms with van der Waals surface area (Å²) in [5.74, 6) is 1.91. The van der Waals surface area contributed by atoms with Crippen molar-refractivity contribution in [3.05, 3.63) is 12.2 Å². The highest BCUT2D eigenvalue weighted by Crippen LogP contribution is 2.45. The van der Waals surface area contributed by atoms with E-state index in [1.807, 2.05) is 30.8 Å². The van der Waals surface area contributed by atoms with Crippen LogP contribution in [0.25, 0.3) is 0 Å². The van der Waals surface area contributed by atoms with Gasteiger partial charge in [-0.2, -0.15) is 11.8 Å². The third-order valence-corrected chi connectivity index (χ3v) is 6.44. The Kier molecular flexibility index (Phi) is 8.59. The monoisotopic (exact) mass is 357 g/mol. The van der Waals surface area contributed by atoms with E-state index in [4.69, 9.17) is 14.7 Å². The summed E-state index contributed by atoms with van der Waals surface area (Å²) >= 11 is 1.98. The summed E-state index contributed by atoms with van der Waals surface area (Å²) in [7, 11) is 0. The maximum Gasteiger partial charge on any atom is 0.243 e. The van der Waals surface area contributed by atoms with Gasteiger partial charge in [0.15, 0.2) is 0 Å². The van der Waals surface area contributed by atoms with Crippen LogP contribution in [0, 0.1) is 11.8 Å². The van der Waals surface area contributed by atoms with Gasteiger partial charge >= 0.3 is 0 Å². The molecule has 2 aliphatic heterocycles. The second-order valence-corrected chi connectivity index (χ2v) is 8.27. The molecule has 24 heavy (non-hydrogen) atoms. The van der Waals surface area contributed by atoms with E-state index in [0.717, 1.165) is 25.2 Å². The zero-order chi connectivity index (χ0) is 17.4. The van der Waals surface area contributed by atoms with Crippen LogP contribution in [0.15, 0.2) is 12.2 Å². The number of allylic oxidation sites excluding steroid dienone is 1. The minimum atomic E-state index is -0.299. The Morgan fingerprint density at radius 3 is 2.88 bits per heavy atom. The van der Waals surface area contributed by atoms with Crippen LogP contribution in [0.5, 0.6) is 0 Å². The molecule has 5 nitrogen and oxygen atoms in total. The van der Waals surface area contributed by atoms with E-state index < -0.39 is 0 Å². The maximum atomic E-state index is 11.0. The van der Waals surface area contributed by atoms with Crippen LogP contribution in [0.2, 0.25) is 0 Å². The van der Waals surface area contributed by atoms with E-state index >= 15 is 0 Å². The normalized spacial score (nSPS) is 30.1. The van der Waals surface area contributed by atoms with Gasteiger partial charge in [-0.1, -0.05) is 19.1 Å². The zero-order valence-corrected chi connectivity index (χ0v) is 15.6. The molecule has 2 bridgehead atoms. The highest BCUT2D eigenvalue weighted by molar-refractivity contribution is 7.99. The van der Waals surface area contributed by atoms with Gasteiger partial charge in [-0.3, -0.25) is 10.0 Å². The van der Waals surface area contributed by atoms with Gasteiger partial charge in [-0.05, 0) is 38.4 Å². The van der Waals surface area contributed by atoms with Gasteiger partial charge in [0.25, 0.3) is 0 Å². The molecule has 0 spiro atoms. The number of thioether (sulfide) groups is 1. The summed E-state index contributed by atoms with van der Waals surface area (Å²) in [5.41, 5.74) is 1.69. The number of carbonyl (C=O) groups excluding carboxylic acids is 1. The largest absolute Gasteiger partial charge is 0.377 e. The second-order valence-electron chi connectivity index (χ2n) is 6.80. The van der Waals surface area contributed by atoms with E-state index in [-0.39, 0.29) is 5.91 Å². The summed E-state index contributed by atoms with van der Waals surface area (Å²) in [6, 6.07) is 0. The first kappa shape index (κ1) is 19.8. The van der Waals surface area contributed by atoms with Crippen LogP contribution >= 0.6 is 11.8 Å². The molecule has 0 aliphatic carbocycles. The molecule has 0 radical (unpaired) electrons. The van der Waals surface area contributed by atoms with E-state index in [0.29, 0.717) is 42.3 Å². The Balaban J connectivity index is 1.70. The molecule has 0 aromatic rings. The Morgan fingerprint density at radius 2 is 2.17 bits per heavy atom. The summed E-state index contributed by atoms with van der Waals surface area (Å²) in [4.78, 5) is 11.0. The van der Waals surface area contributed by atoms with Gasteiger partial charge in [-0.15, -0.1) is 0 Å². The minimum Gasteiger partial charge on any atom is -0.377 e. The lowest BCUT2D eigenvalue weighted by atomic mass is 9.81. The van der Waals surface area contributed by atoms with Crippen molar-refractivity contribution in [1.82, 2.24) is 5.48 Å². The maximum absolute atomic E-state index is 11.0. The van der Waals surface area contributed by atoms with Gasteiger partial charge < -0.3 is 9.47 Å². The molecule has 5 unspecified atom stereocenters. The quantitative estimate of drug-likeness (QED) is 0.257. The molecule has 0 aromatic heterocycles. The fourth-order valence-electron chi connectivity index (χ4n) is 3.67. The van der Waals surface area contributed by atoms with Crippen molar-refractivity contribution in [2.45, 2.75) is 63.4 Å². The molecule has 0 saturated carbocycles. The Labute approximate surface area is 149 Å². The summed E-state index contributed by atoms with van der Waals surface area (Å²) in [6.07, 6.45) is 9.40. The van der Waals surface area contributed by atoms with Gasteiger partial charge in [0.2, 0.25) is 5.91 Å². The number of amides is 1. The Bertz CT molecular complexity index is 418. The fraction of sp³-hybridized carbons (Fsp3) is 0.833. The SMILES string of the molecule is CC=CCOCC1C2CCC(O2)C1CSC(C)CCCC(=O)NO. The molecule has 2 rings (SSSR count). The van der Waals surface area contributed by atoms with Crippen molar-refractivity contribution in [3.8, 4) is 0 Å². The van der Waals surface area contributed by atoms with E-state index in [1.165, 1.54) is 12.8 Å². The number of fused-ring (bicyclic) bond motifs is 2. The smallest absolute Gasteiger partial charge is 0.243 e. The van der Waals surface area contributed by atoms with E-state index in [2.05, 4.69) is 6.92 Å². The Hall–Kier alpha value is -0.560. The third kappa shape index (κ3) is 5.76. The molecule has 2 fully saturated rings. The number of hydroxylamine groups is 1. The van der Waals surface area contributed by atoms with Crippen molar-refractivity contribution in [2.75, 3.05) is 19.0 Å². The van der Waals surface area contributed by atoms with Gasteiger partial charge in [0.1, 0.15) is 0 Å². The van der Waals surface area contributed by atoms with Crippen molar-refractivity contribution in [1.29, 1.82) is 0 Å². The first-order chi connectivity index (χ1) is 11.7. The average Bonchev–Trinajstić information content (AvgIpc) is 3.18. The van der Waals surface area contributed by atoms with Crippen LogP contribution in [0.4, 0.5) is 0 Å². The van der Waals surface area contributed by atoms with Crippen molar-refractivity contribution < 1.29 is 19.5 Å².